The topological polar surface area (TPSA) is 56.0 Å². The number of rotatable bonds is 5. The second-order valence-corrected chi connectivity index (χ2v) is 5.28. The molecular weight excluding hydrogens is 322 g/mol. The van der Waals surface area contributed by atoms with Crippen LogP contribution in [0.1, 0.15) is 13.3 Å². The van der Waals surface area contributed by atoms with Crippen molar-refractivity contribution in [2.75, 3.05) is 5.32 Å². The van der Waals surface area contributed by atoms with Crippen LogP contribution in [-0.4, -0.2) is 15.0 Å². The molecule has 0 fully saturated rings. The van der Waals surface area contributed by atoms with Crippen molar-refractivity contribution < 1.29 is 4.79 Å². The molecule has 1 amide bonds. The molecule has 2 rings (SSSR count). The van der Waals surface area contributed by atoms with Gasteiger partial charge in [0.2, 0.25) is 5.91 Å². The Kier molecular flexibility index (Phi) is 4.79. The molecule has 1 aromatic carbocycles. The quantitative estimate of drug-likeness (QED) is 0.911. The van der Waals surface area contributed by atoms with E-state index in [0.717, 1.165) is 10.9 Å². The Morgan fingerprint density at radius 1 is 1.25 bits per heavy atom. The Balaban J connectivity index is 2.05. The molecule has 0 saturated heterocycles. The molecule has 0 radical (unpaired) electrons. The van der Waals surface area contributed by atoms with Crippen LogP contribution >= 0.6 is 15.9 Å². The standard InChI is InChI=1S/C14H16BrN3O2/c1-2-7-17-8-9-18(14(17)20)10-13(19)16-12-6-4-3-5-11(12)15/h3-6,8-9H,2,7,10H2,1H3,(H,16,19). The minimum Gasteiger partial charge on any atom is -0.324 e. The smallest absolute Gasteiger partial charge is 0.324 e. The van der Waals surface area contributed by atoms with Gasteiger partial charge in [-0.2, -0.15) is 0 Å². The van der Waals surface area contributed by atoms with Crippen molar-refractivity contribution in [1.82, 2.24) is 9.13 Å². The largest absolute Gasteiger partial charge is 0.328 e. The van der Waals surface area contributed by atoms with Crippen LogP contribution in [0, 0.1) is 0 Å². The highest BCUT2D eigenvalue weighted by Gasteiger charge is 2.09. The minimum absolute atomic E-state index is 0.0108. The van der Waals surface area contributed by atoms with Crippen molar-refractivity contribution in [3.8, 4) is 0 Å². The number of hydrogen-bond acceptors (Lipinski definition) is 2. The van der Waals surface area contributed by atoms with Crippen LogP contribution in [0.25, 0.3) is 0 Å². The fraction of sp³-hybridized carbons (Fsp3) is 0.286. The Morgan fingerprint density at radius 3 is 2.65 bits per heavy atom. The summed E-state index contributed by atoms with van der Waals surface area (Å²) in [5.74, 6) is -0.228. The van der Waals surface area contributed by atoms with Gasteiger partial charge in [-0.05, 0) is 34.5 Å². The summed E-state index contributed by atoms with van der Waals surface area (Å²) in [7, 11) is 0. The van der Waals surface area contributed by atoms with E-state index in [0.29, 0.717) is 12.2 Å². The van der Waals surface area contributed by atoms with Gasteiger partial charge in [0.1, 0.15) is 6.54 Å². The van der Waals surface area contributed by atoms with Gasteiger partial charge in [0.05, 0.1) is 5.69 Å². The lowest BCUT2D eigenvalue weighted by Gasteiger charge is -2.07. The van der Waals surface area contributed by atoms with Gasteiger partial charge in [0.15, 0.2) is 0 Å². The molecule has 0 saturated carbocycles. The summed E-state index contributed by atoms with van der Waals surface area (Å²) in [6.07, 6.45) is 4.22. The SMILES string of the molecule is CCCn1ccn(CC(=O)Nc2ccccc2Br)c1=O. The van der Waals surface area contributed by atoms with E-state index in [4.69, 9.17) is 0 Å². The average Bonchev–Trinajstić information content (AvgIpc) is 2.75. The summed E-state index contributed by atoms with van der Waals surface area (Å²) in [6, 6.07) is 7.35. The molecule has 20 heavy (non-hydrogen) atoms. The first-order chi connectivity index (χ1) is 9.61. The summed E-state index contributed by atoms with van der Waals surface area (Å²) in [5, 5.41) is 2.77. The summed E-state index contributed by atoms with van der Waals surface area (Å²) in [5.41, 5.74) is 0.535. The van der Waals surface area contributed by atoms with E-state index in [1.165, 1.54) is 4.57 Å². The third kappa shape index (κ3) is 3.39. The van der Waals surface area contributed by atoms with E-state index in [1.807, 2.05) is 25.1 Å². The van der Waals surface area contributed by atoms with Gasteiger partial charge < -0.3 is 5.32 Å². The Hall–Kier alpha value is -1.82. The van der Waals surface area contributed by atoms with Crippen molar-refractivity contribution in [3.63, 3.8) is 0 Å². The molecule has 6 heteroatoms. The van der Waals surface area contributed by atoms with Crippen LogP contribution in [0.15, 0.2) is 45.9 Å². The van der Waals surface area contributed by atoms with Gasteiger partial charge in [-0.15, -0.1) is 0 Å². The lowest BCUT2D eigenvalue weighted by molar-refractivity contribution is -0.116. The predicted molar refractivity (Wildman–Crippen MR) is 81.8 cm³/mol. The maximum atomic E-state index is 12.0. The maximum absolute atomic E-state index is 12.0. The first kappa shape index (κ1) is 14.6. The first-order valence-corrected chi connectivity index (χ1v) is 7.21. The molecule has 1 heterocycles. The molecule has 0 spiro atoms. The highest BCUT2D eigenvalue weighted by atomic mass is 79.9. The summed E-state index contributed by atoms with van der Waals surface area (Å²) in [6.45, 7) is 2.68. The lowest BCUT2D eigenvalue weighted by Crippen LogP contribution is -2.29. The highest BCUT2D eigenvalue weighted by molar-refractivity contribution is 9.10. The summed E-state index contributed by atoms with van der Waals surface area (Å²) >= 11 is 3.36. The van der Waals surface area contributed by atoms with Crippen molar-refractivity contribution in [1.29, 1.82) is 0 Å². The molecule has 0 aliphatic heterocycles. The number of hydrogen-bond donors (Lipinski definition) is 1. The molecule has 2 aromatic rings. The number of aromatic nitrogens is 2. The molecule has 1 aromatic heterocycles. The van der Waals surface area contributed by atoms with E-state index in [9.17, 15) is 9.59 Å². The molecule has 106 valence electrons. The second kappa shape index (κ2) is 6.56. The van der Waals surface area contributed by atoms with Gasteiger partial charge in [0.25, 0.3) is 0 Å². The number of imidazole rings is 1. The number of aryl methyl sites for hydroxylation is 1. The third-order valence-corrected chi connectivity index (χ3v) is 3.54. The molecule has 0 aliphatic rings. The zero-order valence-electron chi connectivity index (χ0n) is 11.2. The molecule has 0 aliphatic carbocycles. The number of halogens is 1. The number of nitrogens with zero attached hydrogens (tertiary/aromatic N) is 2. The van der Waals surface area contributed by atoms with Gasteiger partial charge >= 0.3 is 5.69 Å². The van der Waals surface area contributed by atoms with Crippen LogP contribution < -0.4 is 11.0 Å². The van der Waals surface area contributed by atoms with Gasteiger partial charge in [-0.25, -0.2) is 4.79 Å². The van der Waals surface area contributed by atoms with Crippen molar-refractivity contribution in [2.45, 2.75) is 26.4 Å². The van der Waals surface area contributed by atoms with Gasteiger partial charge in [-0.1, -0.05) is 19.1 Å². The number of nitrogens with one attached hydrogen (secondary N) is 1. The van der Waals surface area contributed by atoms with Crippen molar-refractivity contribution in [2.24, 2.45) is 0 Å². The monoisotopic (exact) mass is 337 g/mol. The Bertz CT molecular complexity index is 660. The number of carbonyl (C=O) groups excluding carboxylic acids is 1. The number of amides is 1. The number of para-hydroxylation sites is 1. The second-order valence-electron chi connectivity index (χ2n) is 4.43. The third-order valence-electron chi connectivity index (χ3n) is 2.84. The molecular formula is C14H16BrN3O2. The molecule has 1 N–H and O–H groups in total. The average molecular weight is 338 g/mol. The number of anilines is 1. The van der Waals surface area contributed by atoms with Gasteiger partial charge in [0, 0.05) is 23.4 Å². The normalized spacial score (nSPS) is 10.5. The molecule has 0 atom stereocenters. The van der Waals surface area contributed by atoms with Crippen molar-refractivity contribution >= 4 is 27.5 Å². The van der Waals surface area contributed by atoms with Crippen LogP contribution in [0.5, 0.6) is 0 Å². The predicted octanol–water partition coefficient (Wildman–Crippen LogP) is 2.46. The van der Waals surface area contributed by atoms with E-state index in [2.05, 4.69) is 21.2 Å². The zero-order chi connectivity index (χ0) is 14.5. The number of benzene rings is 1. The fourth-order valence-electron chi connectivity index (χ4n) is 1.89. The fourth-order valence-corrected chi connectivity index (χ4v) is 2.28. The van der Waals surface area contributed by atoms with Crippen LogP contribution in [0.2, 0.25) is 0 Å². The number of carbonyl (C=O) groups is 1. The minimum atomic E-state index is -0.228. The highest BCUT2D eigenvalue weighted by Crippen LogP contribution is 2.20. The Labute approximate surface area is 125 Å². The van der Waals surface area contributed by atoms with Gasteiger partial charge in [-0.3, -0.25) is 13.9 Å². The summed E-state index contributed by atoms with van der Waals surface area (Å²) in [4.78, 5) is 23.9. The lowest BCUT2D eigenvalue weighted by atomic mass is 10.3. The molecule has 0 unspecified atom stereocenters. The first-order valence-electron chi connectivity index (χ1n) is 6.41. The van der Waals surface area contributed by atoms with Crippen LogP contribution in [0.3, 0.4) is 0 Å². The maximum Gasteiger partial charge on any atom is 0.328 e. The van der Waals surface area contributed by atoms with E-state index >= 15 is 0 Å². The van der Waals surface area contributed by atoms with E-state index < -0.39 is 0 Å². The van der Waals surface area contributed by atoms with Crippen LogP contribution in [0.4, 0.5) is 5.69 Å². The Morgan fingerprint density at radius 2 is 1.95 bits per heavy atom. The molecule has 0 bridgehead atoms. The van der Waals surface area contributed by atoms with Crippen molar-refractivity contribution in [3.05, 3.63) is 51.6 Å². The van der Waals surface area contributed by atoms with Crippen LogP contribution in [-0.2, 0) is 17.9 Å². The van der Waals surface area contributed by atoms with E-state index in [-0.39, 0.29) is 18.1 Å². The summed E-state index contributed by atoms with van der Waals surface area (Å²) < 4.78 is 3.82. The zero-order valence-corrected chi connectivity index (χ0v) is 12.8. The van der Waals surface area contributed by atoms with E-state index in [1.54, 1.807) is 23.0 Å². The molecule has 5 nitrogen and oxygen atoms in total.